The zero-order chi connectivity index (χ0) is 14.5. The van der Waals surface area contributed by atoms with Gasteiger partial charge in [-0.05, 0) is 50.4 Å². The van der Waals surface area contributed by atoms with Gasteiger partial charge in [0.25, 0.3) is 0 Å². The topological polar surface area (TPSA) is 52.6 Å². The number of fused-ring (bicyclic) bond motifs is 3. The number of hydrogen-bond acceptors (Lipinski definition) is 4. The number of carbonyl (C=O) groups is 2. The van der Waals surface area contributed by atoms with Crippen LogP contribution >= 0.6 is 0 Å². The van der Waals surface area contributed by atoms with Crippen molar-refractivity contribution in [3.63, 3.8) is 0 Å². The fraction of sp³-hybridized carbons (Fsp3) is 0.875. The highest BCUT2D eigenvalue weighted by Crippen LogP contribution is 2.49. The van der Waals surface area contributed by atoms with E-state index in [1.54, 1.807) is 0 Å². The molecule has 0 aromatic carbocycles. The van der Waals surface area contributed by atoms with Crippen molar-refractivity contribution >= 4 is 11.9 Å². The minimum absolute atomic E-state index is 0.181. The molecule has 2 atom stereocenters. The first-order chi connectivity index (χ1) is 9.69. The monoisotopic (exact) mass is 282 g/mol. The van der Waals surface area contributed by atoms with Crippen LogP contribution in [-0.2, 0) is 19.1 Å². The summed E-state index contributed by atoms with van der Waals surface area (Å²) in [7, 11) is 0. The van der Waals surface area contributed by atoms with Crippen molar-refractivity contribution in [2.45, 2.75) is 52.4 Å². The molecular weight excluding hydrogens is 256 g/mol. The summed E-state index contributed by atoms with van der Waals surface area (Å²) in [6.45, 7) is 4.85. The summed E-state index contributed by atoms with van der Waals surface area (Å²) in [5.74, 6) is -0.275. The third kappa shape index (κ3) is 3.15. The molecule has 0 aliphatic heterocycles. The second-order valence-electron chi connectivity index (χ2n) is 6.06. The van der Waals surface area contributed by atoms with Crippen molar-refractivity contribution in [2.24, 2.45) is 23.7 Å². The first-order valence-corrected chi connectivity index (χ1v) is 8.02. The van der Waals surface area contributed by atoms with Crippen LogP contribution in [0, 0.1) is 23.7 Å². The fourth-order valence-electron chi connectivity index (χ4n) is 3.73. The first kappa shape index (κ1) is 15.3. The van der Waals surface area contributed by atoms with Gasteiger partial charge in [-0.2, -0.15) is 0 Å². The second-order valence-corrected chi connectivity index (χ2v) is 6.06. The van der Waals surface area contributed by atoms with Crippen LogP contribution in [-0.4, -0.2) is 25.2 Å². The van der Waals surface area contributed by atoms with E-state index in [1.165, 1.54) is 0 Å². The van der Waals surface area contributed by atoms with Crippen LogP contribution in [0.4, 0.5) is 0 Å². The molecule has 114 valence electrons. The van der Waals surface area contributed by atoms with Crippen molar-refractivity contribution in [1.82, 2.24) is 0 Å². The highest BCUT2D eigenvalue weighted by molar-refractivity contribution is 5.83. The first-order valence-electron chi connectivity index (χ1n) is 8.02. The second kappa shape index (κ2) is 7.09. The summed E-state index contributed by atoms with van der Waals surface area (Å²) < 4.78 is 10.6. The molecule has 0 aromatic rings. The van der Waals surface area contributed by atoms with Crippen molar-refractivity contribution in [3.8, 4) is 0 Å². The Balaban J connectivity index is 2.08. The molecule has 0 unspecified atom stereocenters. The maximum Gasteiger partial charge on any atom is 0.310 e. The van der Waals surface area contributed by atoms with E-state index in [1.807, 2.05) is 13.8 Å². The molecule has 3 fully saturated rings. The predicted molar refractivity (Wildman–Crippen MR) is 74.9 cm³/mol. The van der Waals surface area contributed by atoms with Crippen LogP contribution in [0.15, 0.2) is 0 Å². The van der Waals surface area contributed by atoms with Gasteiger partial charge in [-0.15, -0.1) is 0 Å². The SMILES string of the molecule is CCCOC(=O)[C@H]1C2CCC(CC2)[C@@H]1C(=O)OCCC. The molecule has 3 saturated carbocycles. The molecule has 0 N–H and O–H groups in total. The highest BCUT2D eigenvalue weighted by Gasteiger charge is 2.51. The van der Waals surface area contributed by atoms with Gasteiger partial charge in [0.05, 0.1) is 25.0 Å². The minimum atomic E-state index is -0.265. The molecule has 4 heteroatoms. The lowest BCUT2D eigenvalue weighted by atomic mass is 9.58. The number of hydrogen-bond donors (Lipinski definition) is 0. The Labute approximate surface area is 121 Å². The van der Waals surface area contributed by atoms with Gasteiger partial charge in [-0.3, -0.25) is 9.59 Å². The van der Waals surface area contributed by atoms with Gasteiger partial charge in [-0.25, -0.2) is 0 Å². The van der Waals surface area contributed by atoms with Crippen LogP contribution in [0.5, 0.6) is 0 Å². The molecule has 0 saturated heterocycles. The Morgan fingerprint density at radius 2 is 1.15 bits per heavy atom. The smallest absolute Gasteiger partial charge is 0.310 e. The summed E-state index contributed by atoms with van der Waals surface area (Å²) in [5.41, 5.74) is 0. The Morgan fingerprint density at radius 1 is 0.800 bits per heavy atom. The Morgan fingerprint density at radius 3 is 1.45 bits per heavy atom. The summed E-state index contributed by atoms with van der Waals surface area (Å²) >= 11 is 0. The van der Waals surface area contributed by atoms with Crippen molar-refractivity contribution in [3.05, 3.63) is 0 Å². The maximum atomic E-state index is 12.3. The van der Waals surface area contributed by atoms with Crippen molar-refractivity contribution < 1.29 is 19.1 Å². The van der Waals surface area contributed by atoms with E-state index in [0.717, 1.165) is 38.5 Å². The van der Waals surface area contributed by atoms with E-state index in [0.29, 0.717) is 25.0 Å². The lowest BCUT2D eigenvalue weighted by Crippen LogP contribution is -2.48. The quantitative estimate of drug-likeness (QED) is 0.703. The van der Waals surface area contributed by atoms with Gasteiger partial charge < -0.3 is 9.47 Å². The van der Waals surface area contributed by atoms with Gasteiger partial charge in [0, 0.05) is 0 Å². The zero-order valence-electron chi connectivity index (χ0n) is 12.6. The molecule has 3 aliphatic rings. The lowest BCUT2D eigenvalue weighted by molar-refractivity contribution is -0.173. The molecule has 20 heavy (non-hydrogen) atoms. The summed E-state index contributed by atoms with van der Waals surface area (Å²) in [6, 6.07) is 0. The average Bonchev–Trinajstić information content (AvgIpc) is 2.50. The molecule has 0 spiro atoms. The molecule has 0 heterocycles. The Bertz CT molecular complexity index is 310. The van der Waals surface area contributed by atoms with Gasteiger partial charge in [0.1, 0.15) is 0 Å². The van der Waals surface area contributed by atoms with Crippen LogP contribution in [0.3, 0.4) is 0 Å². The van der Waals surface area contributed by atoms with Crippen molar-refractivity contribution in [2.75, 3.05) is 13.2 Å². The van der Waals surface area contributed by atoms with Crippen LogP contribution in [0.25, 0.3) is 0 Å². The molecule has 0 amide bonds. The molecule has 0 aromatic heterocycles. The van der Waals surface area contributed by atoms with Gasteiger partial charge >= 0.3 is 11.9 Å². The number of esters is 2. The summed E-state index contributed by atoms with van der Waals surface area (Å²) in [6.07, 6.45) is 5.83. The van der Waals surface area contributed by atoms with E-state index in [-0.39, 0.29) is 23.8 Å². The van der Waals surface area contributed by atoms with Gasteiger partial charge in [0.15, 0.2) is 0 Å². The maximum absolute atomic E-state index is 12.3. The number of ether oxygens (including phenoxy) is 2. The zero-order valence-corrected chi connectivity index (χ0v) is 12.6. The van der Waals surface area contributed by atoms with Crippen LogP contribution in [0.2, 0.25) is 0 Å². The van der Waals surface area contributed by atoms with Crippen LogP contribution < -0.4 is 0 Å². The average molecular weight is 282 g/mol. The molecule has 0 radical (unpaired) electrons. The molecule has 3 aliphatic carbocycles. The van der Waals surface area contributed by atoms with E-state index in [9.17, 15) is 9.59 Å². The standard InChI is InChI=1S/C16H26O4/c1-3-9-19-15(17)13-11-5-7-12(8-6-11)14(13)16(18)20-10-4-2/h11-14H,3-10H2,1-2H3/t11?,12?,13-,14-/m0/s1. The molecule has 4 nitrogen and oxygen atoms in total. The van der Waals surface area contributed by atoms with E-state index in [4.69, 9.17) is 9.47 Å². The molecular formula is C16H26O4. The third-order valence-electron chi connectivity index (χ3n) is 4.66. The summed E-state index contributed by atoms with van der Waals surface area (Å²) in [4.78, 5) is 24.6. The van der Waals surface area contributed by atoms with E-state index < -0.39 is 0 Å². The third-order valence-corrected chi connectivity index (χ3v) is 4.66. The fourth-order valence-corrected chi connectivity index (χ4v) is 3.73. The van der Waals surface area contributed by atoms with Crippen LogP contribution in [0.1, 0.15) is 52.4 Å². The lowest BCUT2D eigenvalue weighted by Gasteiger charge is -2.45. The molecule has 2 bridgehead atoms. The van der Waals surface area contributed by atoms with Gasteiger partial charge in [-0.1, -0.05) is 13.8 Å². The number of carbonyl (C=O) groups excluding carboxylic acids is 2. The normalized spacial score (nSPS) is 31.9. The van der Waals surface area contributed by atoms with Gasteiger partial charge in [0.2, 0.25) is 0 Å². The minimum Gasteiger partial charge on any atom is -0.465 e. The highest BCUT2D eigenvalue weighted by atomic mass is 16.5. The summed E-state index contributed by atoms with van der Waals surface area (Å²) in [5, 5.41) is 0. The predicted octanol–water partition coefficient (Wildman–Crippen LogP) is 2.95. The Kier molecular flexibility index (Phi) is 5.44. The largest absolute Gasteiger partial charge is 0.465 e. The molecule has 3 rings (SSSR count). The van der Waals surface area contributed by atoms with E-state index in [2.05, 4.69) is 0 Å². The van der Waals surface area contributed by atoms with Crippen molar-refractivity contribution in [1.29, 1.82) is 0 Å². The number of rotatable bonds is 6. The van der Waals surface area contributed by atoms with E-state index >= 15 is 0 Å². The Hall–Kier alpha value is -1.06.